The molecule has 0 fully saturated rings. The van der Waals surface area contributed by atoms with E-state index < -0.39 is 11.6 Å². The predicted octanol–water partition coefficient (Wildman–Crippen LogP) is 4.76. The standard InChI is InChI=1S/C16H15BrF3N/c1-2-21-16(13-6-4-11(17)8-15(13)20)7-10-3-5-12(18)9-14(10)19/h3-6,8-9,16,21H,2,7H2,1H3. The lowest BCUT2D eigenvalue weighted by molar-refractivity contribution is 0.495. The minimum absolute atomic E-state index is 0.249. The Bertz CT molecular complexity index is 631. The number of likely N-dealkylation sites (N-methyl/N-ethyl adjacent to an activating group) is 1. The number of hydrogen-bond acceptors (Lipinski definition) is 1. The van der Waals surface area contributed by atoms with Gasteiger partial charge in [0.15, 0.2) is 0 Å². The molecule has 0 bridgehead atoms. The number of hydrogen-bond donors (Lipinski definition) is 1. The van der Waals surface area contributed by atoms with Crippen LogP contribution in [0.4, 0.5) is 13.2 Å². The third-order valence-electron chi connectivity index (χ3n) is 3.23. The van der Waals surface area contributed by atoms with Gasteiger partial charge in [0.25, 0.3) is 0 Å². The van der Waals surface area contributed by atoms with E-state index in [0.717, 1.165) is 6.07 Å². The van der Waals surface area contributed by atoms with Crippen molar-refractivity contribution in [2.24, 2.45) is 0 Å². The van der Waals surface area contributed by atoms with Gasteiger partial charge in [-0.25, -0.2) is 13.2 Å². The topological polar surface area (TPSA) is 12.0 Å². The van der Waals surface area contributed by atoms with E-state index in [1.165, 1.54) is 18.2 Å². The van der Waals surface area contributed by atoms with Crippen molar-refractivity contribution in [1.29, 1.82) is 0 Å². The fraction of sp³-hybridized carbons (Fsp3) is 0.250. The molecule has 112 valence electrons. The summed E-state index contributed by atoms with van der Waals surface area (Å²) >= 11 is 3.21. The van der Waals surface area contributed by atoms with Gasteiger partial charge in [0.05, 0.1) is 0 Å². The van der Waals surface area contributed by atoms with Crippen molar-refractivity contribution < 1.29 is 13.2 Å². The third-order valence-corrected chi connectivity index (χ3v) is 3.72. The Morgan fingerprint density at radius 1 is 1.05 bits per heavy atom. The highest BCUT2D eigenvalue weighted by Gasteiger charge is 2.17. The lowest BCUT2D eigenvalue weighted by atomic mass is 9.98. The first-order valence-corrected chi connectivity index (χ1v) is 7.42. The maximum absolute atomic E-state index is 14.1. The molecular weight excluding hydrogens is 343 g/mol. The highest BCUT2D eigenvalue weighted by Crippen LogP contribution is 2.25. The molecule has 2 rings (SSSR count). The number of halogens is 4. The largest absolute Gasteiger partial charge is 0.310 e. The van der Waals surface area contributed by atoms with Crippen molar-refractivity contribution in [3.8, 4) is 0 Å². The zero-order valence-corrected chi connectivity index (χ0v) is 13.1. The van der Waals surface area contributed by atoms with Crippen molar-refractivity contribution in [3.05, 3.63) is 69.4 Å². The first kappa shape index (κ1) is 16.0. The number of benzene rings is 2. The highest BCUT2D eigenvalue weighted by molar-refractivity contribution is 9.10. The van der Waals surface area contributed by atoms with Crippen LogP contribution in [0.15, 0.2) is 40.9 Å². The molecule has 1 atom stereocenters. The Morgan fingerprint density at radius 3 is 2.43 bits per heavy atom. The Kier molecular flexibility index (Phi) is 5.42. The summed E-state index contributed by atoms with van der Waals surface area (Å²) in [6, 6.07) is 7.85. The first-order chi connectivity index (χ1) is 10.0. The Hall–Kier alpha value is -1.33. The van der Waals surface area contributed by atoms with Gasteiger partial charge in [-0.1, -0.05) is 35.0 Å². The van der Waals surface area contributed by atoms with Gasteiger partial charge in [-0.05, 0) is 36.7 Å². The highest BCUT2D eigenvalue weighted by atomic mass is 79.9. The van der Waals surface area contributed by atoms with E-state index in [-0.39, 0.29) is 18.3 Å². The second-order valence-electron chi connectivity index (χ2n) is 4.72. The first-order valence-electron chi connectivity index (χ1n) is 6.63. The summed E-state index contributed by atoms with van der Waals surface area (Å²) in [6.07, 6.45) is 0.249. The summed E-state index contributed by atoms with van der Waals surface area (Å²) < 4.78 is 41.4. The summed E-state index contributed by atoms with van der Waals surface area (Å²) in [6.45, 7) is 2.51. The molecule has 0 amide bonds. The third kappa shape index (κ3) is 4.08. The number of nitrogens with one attached hydrogen (secondary N) is 1. The molecule has 0 saturated heterocycles. The van der Waals surface area contributed by atoms with Gasteiger partial charge in [-0.2, -0.15) is 0 Å². The molecule has 2 aromatic carbocycles. The van der Waals surface area contributed by atoms with Crippen LogP contribution in [0.25, 0.3) is 0 Å². The van der Waals surface area contributed by atoms with Gasteiger partial charge in [-0.3, -0.25) is 0 Å². The van der Waals surface area contributed by atoms with E-state index in [2.05, 4.69) is 21.2 Å². The molecule has 0 radical (unpaired) electrons. The summed E-state index contributed by atoms with van der Waals surface area (Å²) in [5.74, 6) is -1.60. The van der Waals surface area contributed by atoms with Crippen molar-refractivity contribution in [2.75, 3.05) is 6.54 Å². The molecule has 1 N–H and O–H groups in total. The molecule has 5 heteroatoms. The van der Waals surface area contributed by atoms with Crippen LogP contribution in [0.1, 0.15) is 24.1 Å². The Morgan fingerprint density at radius 2 is 1.81 bits per heavy atom. The quantitative estimate of drug-likeness (QED) is 0.813. The molecule has 0 spiro atoms. The molecule has 0 heterocycles. The number of rotatable bonds is 5. The van der Waals surface area contributed by atoms with Crippen molar-refractivity contribution in [1.82, 2.24) is 5.32 Å². The van der Waals surface area contributed by atoms with E-state index >= 15 is 0 Å². The van der Waals surface area contributed by atoms with Gasteiger partial charge in [-0.15, -0.1) is 0 Å². The lowest BCUT2D eigenvalue weighted by Gasteiger charge is -2.19. The monoisotopic (exact) mass is 357 g/mol. The maximum Gasteiger partial charge on any atom is 0.129 e. The molecule has 0 aliphatic heterocycles. The van der Waals surface area contributed by atoms with Gasteiger partial charge in [0.2, 0.25) is 0 Å². The van der Waals surface area contributed by atoms with Gasteiger partial charge >= 0.3 is 0 Å². The maximum atomic E-state index is 14.1. The van der Waals surface area contributed by atoms with Crippen LogP contribution >= 0.6 is 15.9 Å². The Balaban J connectivity index is 2.30. The smallest absolute Gasteiger partial charge is 0.129 e. The minimum atomic E-state index is -0.619. The fourth-order valence-corrected chi connectivity index (χ4v) is 2.56. The van der Waals surface area contributed by atoms with Crippen molar-refractivity contribution in [2.45, 2.75) is 19.4 Å². The molecule has 0 aliphatic rings. The predicted molar refractivity (Wildman–Crippen MR) is 80.6 cm³/mol. The molecular formula is C16H15BrF3N. The van der Waals surface area contributed by atoms with Gasteiger partial charge in [0, 0.05) is 22.1 Å². The van der Waals surface area contributed by atoms with Crippen LogP contribution in [0.2, 0.25) is 0 Å². The van der Waals surface area contributed by atoms with Crippen LogP contribution in [0, 0.1) is 17.5 Å². The second-order valence-corrected chi connectivity index (χ2v) is 5.63. The van der Waals surface area contributed by atoms with Crippen molar-refractivity contribution in [3.63, 3.8) is 0 Å². The van der Waals surface area contributed by atoms with Crippen LogP contribution in [-0.2, 0) is 6.42 Å². The molecule has 2 aromatic rings. The fourth-order valence-electron chi connectivity index (χ4n) is 2.23. The average Bonchev–Trinajstić information content (AvgIpc) is 2.41. The summed E-state index contributed by atoms with van der Waals surface area (Å²) in [5.41, 5.74) is 0.813. The lowest BCUT2D eigenvalue weighted by Crippen LogP contribution is -2.24. The molecule has 0 saturated carbocycles. The Labute approximate surface area is 130 Å². The summed E-state index contributed by atoms with van der Waals surface area (Å²) in [4.78, 5) is 0. The minimum Gasteiger partial charge on any atom is -0.310 e. The molecule has 0 aromatic heterocycles. The molecule has 21 heavy (non-hydrogen) atoms. The van der Waals surface area contributed by atoms with E-state index in [0.29, 0.717) is 22.1 Å². The van der Waals surface area contributed by atoms with Gasteiger partial charge < -0.3 is 5.32 Å². The van der Waals surface area contributed by atoms with E-state index in [1.807, 2.05) is 6.92 Å². The van der Waals surface area contributed by atoms with E-state index in [9.17, 15) is 13.2 Å². The van der Waals surface area contributed by atoms with Crippen LogP contribution in [0.5, 0.6) is 0 Å². The van der Waals surface area contributed by atoms with Crippen LogP contribution in [0.3, 0.4) is 0 Å². The van der Waals surface area contributed by atoms with Crippen LogP contribution < -0.4 is 5.32 Å². The zero-order valence-electron chi connectivity index (χ0n) is 11.5. The average molecular weight is 358 g/mol. The summed E-state index contributed by atoms with van der Waals surface area (Å²) in [5, 5.41) is 3.13. The molecule has 1 unspecified atom stereocenters. The van der Waals surface area contributed by atoms with Crippen LogP contribution in [-0.4, -0.2) is 6.54 Å². The summed E-state index contributed by atoms with van der Waals surface area (Å²) in [7, 11) is 0. The molecule has 1 nitrogen and oxygen atoms in total. The molecule has 0 aliphatic carbocycles. The van der Waals surface area contributed by atoms with E-state index in [4.69, 9.17) is 0 Å². The van der Waals surface area contributed by atoms with E-state index in [1.54, 1.807) is 12.1 Å². The normalized spacial score (nSPS) is 12.4. The second kappa shape index (κ2) is 7.09. The zero-order chi connectivity index (χ0) is 15.4. The SMILES string of the molecule is CCNC(Cc1ccc(F)cc1F)c1ccc(Br)cc1F. The van der Waals surface area contributed by atoms with Gasteiger partial charge in [0.1, 0.15) is 17.5 Å². The van der Waals surface area contributed by atoms with Crippen molar-refractivity contribution >= 4 is 15.9 Å².